The van der Waals surface area contributed by atoms with E-state index < -0.39 is 10.0 Å². The van der Waals surface area contributed by atoms with Crippen LogP contribution in [0, 0.1) is 13.8 Å². The number of para-hydroxylation sites is 1. The molecule has 8 heteroatoms. The van der Waals surface area contributed by atoms with E-state index in [2.05, 4.69) is 26.1 Å². The topological polar surface area (TPSA) is 69.7 Å². The van der Waals surface area contributed by atoms with Crippen LogP contribution in [0.5, 0.6) is 0 Å². The highest BCUT2D eigenvalue weighted by Gasteiger charge is 2.29. The van der Waals surface area contributed by atoms with Gasteiger partial charge >= 0.3 is 0 Å². The summed E-state index contributed by atoms with van der Waals surface area (Å²) in [6.07, 6.45) is 0.366. The van der Waals surface area contributed by atoms with Crippen molar-refractivity contribution in [3.8, 4) is 0 Å². The normalized spacial score (nSPS) is 16.0. The van der Waals surface area contributed by atoms with Crippen LogP contribution >= 0.6 is 15.9 Å². The summed E-state index contributed by atoms with van der Waals surface area (Å²) in [6.45, 7) is 6.43. The van der Waals surface area contributed by atoms with E-state index in [1.54, 1.807) is 10.4 Å². The Hall–Kier alpha value is -1.74. The third-order valence-corrected chi connectivity index (χ3v) is 7.83. The second-order valence-electron chi connectivity index (χ2n) is 7.29. The molecule has 0 unspecified atom stereocenters. The average molecular weight is 480 g/mol. The molecule has 0 aliphatic carbocycles. The molecule has 0 saturated carbocycles. The summed E-state index contributed by atoms with van der Waals surface area (Å²) < 4.78 is 28.4. The Morgan fingerprint density at radius 3 is 2.45 bits per heavy atom. The van der Waals surface area contributed by atoms with Crippen molar-refractivity contribution in [2.75, 3.05) is 38.0 Å². The average Bonchev–Trinajstić information content (AvgIpc) is 2.70. The van der Waals surface area contributed by atoms with Crippen molar-refractivity contribution in [2.24, 2.45) is 0 Å². The van der Waals surface area contributed by atoms with Gasteiger partial charge in [0, 0.05) is 43.6 Å². The molecule has 1 aliphatic rings. The third kappa shape index (κ3) is 5.45. The lowest BCUT2D eigenvalue weighted by Gasteiger charge is -2.34. The van der Waals surface area contributed by atoms with Crippen LogP contribution in [-0.4, -0.2) is 56.3 Å². The summed E-state index contributed by atoms with van der Waals surface area (Å²) in [6, 6.07) is 13.0. The van der Waals surface area contributed by atoms with Gasteiger partial charge < -0.3 is 10.2 Å². The first kappa shape index (κ1) is 22.0. The van der Waals surface area contributed by atoms with E-state index >= 15 is 0 Å². The number of nitrogens with one attached hydrogen (secondary N) is 1. The molecule has 6 nitrogen and oxygen atoms in total. The molecular formula is C21H26BrN3O3S. The molecule has 3 rings (SSSR count). The number of benzene rings is 2. The van der Waals surface area contributed by atoms with Crippen molar-refractivity contribution in [3.05, 3.63) is 58.1 Å². The van der Waals surface area contributed by atoms with Crippen LogP contribution in [0.15, 0.2) is 51.8 Å². The van der Waals surface area contributed by atoms with Crippen molar-refractivity contribution >= 4 is 37.5 Å². The molecule has 0 atom stereocenters. The third-order valence-electron chi connectivity index (χ3n) is 5.10. The van der Waals surface area contributed by atoms with Gasteiger partial charge in [0.25, 0.3) is 0 Å². The van der Waals surface area contributed by atoms with Crippen molar-refractivity contribution in [1.29, 1.82) is 0 Å². The summed E-state index contributed by atoms with van der Waals surface area (Å²) >= 11 is 3.42. The van der Waals surface area contributed by atoms with E-state index in [4.69, 9.17) is 0 Å². The largest absolute Gasteiger partial charge is 0.325 e. The molecule has 1 saturated heterocycles. The van der Waals surface area contributed by atoms with Gasteiger partial charge in [0.15, 0.2) is 0 Å². The van der Waals surface area contributed by atoms with Gasteiger partial charge in [-0.1, -0.05) is 24.3 Å². The quantitative estimate of drug-likeness (QED) is 0.688. The predicted octanol–water partition coefficient (Wildman–Crippen LogP) is 3.40. The standard InChI is InChI=1S/C21H26BrN3O3S/c1-16-7-8-17(2)20(15-16)29(27,28)25-13-11-24(12-14-25)10-9-21(26)23-19-6-4-3-5-18(19)22/h3-8,15H,9-14H2,1-2H3,(H,23,26). The molecule has 1 heterocycles. The Labute approximate surface area is 181 Å². The number of nitrogens with zero attached hydrogens (tertiary/aromatic N) is 2. The SMILES string of the molecule is Cc1ccc(C)c(S(=O)(=O)N2CCN(CCC(=O)Nc3ccccc3Br)CC2)c1. The van der Waals surface area contributed by atoms with E-state index in [1.807, 2.05) is 50.2 Å². The van der Waals surface area contributed by atoms with Gasteiger partial charge in [0.05, 0.1) is 10.6 Å². The molecule has 2 aromatic carbocycles. The lowest BCUT2D eigenvalue weighted by molar-refractivity contribution is -0.116. The summed E-state index contributed by atoms with van der Waals surface area (Å²) in [4.78, 5) is 14.7. The van der Waals surface area contributed by atoms with Crippen LogP contribution < -0.4 is 5.32 Å². The molecule has 1 amide bonds. The highest BCUT2D eigenvalue weighted by Crippen LogP contribution is 2.23. The summed E-state index contributed by atoms with van der Waals surface area (Å²) in [5.41, 5.74) is 2.45. The van der Waals surface area contributed by atoms with Gasteiger partial charge in [-0.3, -0.25) is 4.79 Å². The molecule has 0 radical (unpaired) electrons. The van der Waals surface area contributed by atoms with Gasteiger partial charge in [0.2, 0.25) is 15.9 Å². The predicted molar refractivity (Wildman–Crippen MR) is 119 cm³/mol. The molecular weight excluding hydrogens is 454 g/mol. The molecule has 1 aliphatic heterocycles. The summed E-state index contributed by atoms with van der Waals surface area (Å²) in [5.74, 6) is -0.0534. The highest BCUT2D eigenvalue weighted by atomic mass is 79.9. The zero-order valence-electron chi connectivity index (χ0n) is 16.7. The number of aryl methyl sites for hydroxylation is 2. The monoisotopic (exact) mass is 479 g/mol. The maximum absolute atomic E-state index is 13.0. The Kier molecular flexibility index (Phi) is 7.10. The van der Waals surface area contributed by atoms with E-state index in [0.717, 1.165) is 21.3 Å². The first-order valence-corrected chi connectivity index (χ1v) is 11.8. The maximum atomic E-state index is 13.0. The number of hydrogen-bond donors (Lipinski definition) is 1. The number of hydrogen-bond acceptors (Lipinski definition) is 4. The van der Waals surface area contributed by atoms with Crippen LogP contribution in [0.25, 0.3) is 0 Å². The molecule has 0 bridgehead atoms. The minimum Gasteiger partial charge on any atom is -0.325 e. The number of rotatable bonds is 6. The number of anilines is 1. The van der Waals surface area contributed by atoms with E-state index in [1.165, 1.54) is 0 Å². The minimum absolute atomic E-state index is 0.0534. The molecule has 29 heavy (non-hydrogen) atoms. The zero-order valence-corrected chi connectivity index (χ0v) is 19.1. The summed E-state index contributed by atoms with van der Waals surface area (Å²) in [7, 11) is -3.49. The molecule has 1 fully saturated rings. The lowest BCUT2D eigenvalue weighted by atomic mass is 10.2. The molecule has 2 aromatic rings. The summed E-state index contributed by atoms with van der Waals surface area (Å²) in [5, 5.41) is 2.90. The number of amides is 1. The Balaban J connectivity index is 1.52. The smallest absolute Gasteiger partial charge is 0.243 e. The van der Waals surface area contributed by atoms with Crippen LogP contribution in [0.1, 0.15) is 17.5 Å². The van der Waals surface area contributed by atoms with Gasteiger partial charge in [-0.15, -0.1) is 0 Å². The first-order chi connectivity index (χ1) is 13.8. The Morgan fingerprint density at radius 2 is 1.76 bits per heavy atom. The Morgan fingerprint density at radius 1 is 1.07 bits per heavy atom. The fourth-order valence-corrected chi connectivity index (χ4v) is 5.47. The number of sulfonamides is 1. The lowest BCUT2D eigenvalue weighted by Crippen LogP contribution is -2.49. The number of piperazine rings is 1. The van der Waals surface area contributed by atoms with Crippen LogP contribution in [0.2, 0.25) is 0 Å². The first-order valence-electron chi connectivity index (χ1n) is 9.61. The molecule has 156 valence electrons. The van der Waals surface area contributed by atoms with Gasteiger partial charge in [-0.25, -0.2) is 8.42 Å². The minimum atomic E-state index is -3.49. The van der Waals surface area contributed by atoms with E-state index in [0.29, 0.717) is 44.0 Å². The van der Waals surface area contributed by atoms with Crippen LogP contribution in [-0.2, 0) is 14.8 Å². The molecule has 1 N–H and O–H groups in total. The van der Waals surface area contributed by atoms with Crippen molar-refractivity contribution in [1.82, 2.24) is 9.21 Å². The highest BCUT2D eigenvalue weighted by molar-refractivity contribution is 9.10. The van der Waals surface area contributed by atoms with Crippen molar-refractivity contribution in [2.45, 2.75) is 25.2 Å². The van der Waals surface area contributed by atoms with Crippen LogP contribution in [0.3, 0.4) is 0 Å². The van der Waals surface area contributed by atoms with Crippen molar-refractivity contribution in [3.63, 3.8) is 0 Å². The molecule has 0 aromatic heterocycles. The Bertz CT molecular complexity index is 986. The van der Waals surface area contributed by atoms with Gasteiger partial charge in [-0.05, 0) is 59.1 Å². The van der Waals surface area contributed by atoms with Crippen molar-refractivity contribution < 1.29 is 13.2 Å². The van der Waals surface area contributed by atoms with E-state index in [9.17, 15) is 13.2 Å². The van der Waals surface area contributed by atoms with Crippen LogP contribution in [0.4, 0.5) is 5.69 Å². The number of carbonyl (C=O) groups is 1. The fraction of sp³-hybridized carbons (Fsp3) is 0.381. The second-order valence-corrected chi connectivity index (χ2v) is 10.1. The van der Waals surface area contributed by atoms with E-state index in [-0.39, 0.29) is 5.91 Å². The maximum Gasteiger partial charge on any atom is 0.243 e. The van der Waals surface area contributed by atoms with Gasteiger partial charge in [-0.2, -0.15) is 4.31 Å². The number of carbonyl (C=O) groups excluding carboxylic acids is 1. The second kappa shape index (κ2) is 9.38. The molecule has 0 spiro atoms. The zero-order chi connectivity index (χ0) is 21.0. The fourth-order valence-electron chi connectivity index (χ4n) is 3.35. The van der Waals surface area contributed by atoms with Gasteiger partial charge in [0.1, 0.15) is 0 Å². The number of halogens is 1.